The van der Waals surface area contributed by atoms with Crippen LogP contribution in [0.3, 0.4) is 0 Å². The van der Waals surface area contributed by atoms with Crippen LogP contribution in [-0.4, -0.2) is 69.8 Å². The zero-order valence-corrected chi connectivity index (χ0v) is 16.7. The Morgan fingerprint density at radius 2 is 2.11 bits per heavy atom. The number of carbonyl (C=O) groups is 3. The molecule has 2 fully saturated rings. The molecule has 0 bridgehead atoms. The van der Waals surface area contributed by atoms with Crippen molar-refractivity contribution in [3.8, 4) is 0 Å². The zero-order chi connectivity index (χ0) is 20.1. The van der Waals surface area contributed by atoms with Crippen molar-refractivity contribution in [2.24, 2.45) is 0 Å². The summed E-state index contributed by atoms with van der Waals surface area (Å²) in [6.07, 6.45) is -1.62. The van der Waals surface area contributed by atoms with Gasteiger partial charge in [-0.15, -0.1) is 11.8 Å². The molecule has 0 aliphatic carbocycles. The standard InChI is InChI=1S/C18H22N2O6S2/c21-16(13(27)8-11-4-2-1-3-5-11)19-12-6-7-28-15-10-25-9-14(26-18(23)24)20(15)17(12)22/h1-5,12-15,27H,6-10H2,(H,19,21)(H,23,24). The number of benzene rings is 1. The van der Waals surface area contributed by atoms with E-state index in [0.717, 1.165) is 5.56 Å². The highest BCUT2D eigenvalue weighted by molar-refractivity contribution is 7.99. The second-order valence-electron chi connectivity index (χ2n) is 6.50. The predicted molar refractivity (Wildman–Crippen MR) is 106 cm³/mol. The van der Waals surface area contributed by atoms with E-state index < -0.39 is 23.7 Å². The summed E-state index contributed by atoms with van der Waals surface area (Å²) in [5, 5.41) is 10.8. The maximum absolute atomic E-state index is 13.0. The average Bonchev–Trinajstić information content (AvgIpc) is 2.82. The molecular weight excluding hydrogens is 404 g/mol. The maximum atomic E-state index is 13.0. The number of hydrogen-bond acceptors (Lipinski definition) is 7. The predicted octanol–water partition coefficient (Wildman–Crippen LogP) is 1.35. The van der Waals surface area contributed by atoms with Crippen molar-refractivity contribution in [2.75, 3.05) is 19.0 Å². The maximum Gasteiger partial charge on any atom is 0.507 e. The molecule has 0 radical (unpaired) electrons. The van der Waals surface area contributed by atoms with Crippen molar-refractivity contribution < 1.29 is 29.0 Å². The monoisotopic (exact) mass is 426 g/mol. The molecule has 28 heavy (non-hydrogen) atoms. The van der Waals surface area contributed by atoms with E-state index in [1.54, 1.807) is 0 Å². The lowest BCUT2D eigenvalue weighted by Gasteiger charge is -2.39. The fourth-order valence-electron chi connectivity index (χ4n) is 3.19. The van der Waals surface area contributed by atoms with Gasteiger partial charge in [-0.25, -0.2) is 4.79 Å². The zero-order valence-electron chi connectivity index (χ0n) is 15.0. The van der Waals surface area contributed by atoms with Crippen LogP contribution < -0.4 is 5.32 Å². The number of carbonyl (C=O) groups excluding carboxylic acids is 2. The molecule has 2 aliphatic rings. The number of carboxylic acid groups (broad SMARTS) is 1. The highest BCUT2D eigenvalue weighted by Gasteiger charge is 2.43. The molecule has 2 aliphatic heterocycles. The lowest BCUT2D eigenvalue weighted by molar-refractivity contribution is -0.165. The molecule has 4 atom stereocenters. The van der Waals surface area contributed by atoms with Gasteiger partial charge in [-0.1, -0.05) is 30.3 Å². The number of fused-ring (bicyclic) bond motifs is 1. The van der Waals surface area contributed by atoms with Gasteiger partial charge in [-0.3, -0.25) is 14.5 Å². The van der Waals surface area contributed by atoms with Crippen molar-refractivity contribution >= 4 is 42.4 Å². The second-order valence-corrected chi connectivity index (χ2v) is 8.41. The Labute approximate surface area is 172 Å². The third-order valence-corrected chi connectivity index (χ3v) is 6.18. The van der Waals surface area contributed by atoms with Crippen LogP contribution in [0, 0.1) is 0 Å². The van der Waals surface area contributed by atoms with Gasteiger partial charge in [0.05, 0.1) is 11.9 Å². The highest BCUT2D eigenvalue weighted by atomic mass is 32.2. The fourth-order valence-corrected chi connectivity index (χ4v) is 4.71. The van der Waals surface area contributed by atoms with Gasteiger partial charge < -0.3 is 19.9 Å². The summed E-state index contributed by atoms with van der Waals surface area (Å²) < 4.78 is 10.2. The molecule has 152 valence electrons. The minimum Gasteiger partial charge on any atom is -0.450 e. The van der Waals surface area contributed by atoms with E-state index in [1.807, 2.05) is 30.3 Å². The average molecular weight is 427 g/mol. The fraction of sp³-hybridized carbons (Fsp3) is 0.500. The summed E-state index contributed by atoms with van der Waals surface area (Å²) in [7, 11) is 0. The first-order chi connectivity index (χ1) is 13.5. The van der Waals surface area contributed by atoms with Gasteiger partial charge in [0, 0.05) is 0 Å². The van der Waals surface area contributed by atoms with E-state index in [0.29, 0.717) is 25.2 Å². The summed E-state index contributed by atoms with van der Waals surface area (Å²) in [5.74, 6) is -0.0761. The van der Waals surface area contributed by atoms with Crippen LogP contribution in [0.15, 0.2) is 30.3 Å². The molecule has 10 heteroatoms. The van der Waals surface area contributed by atoms with Gasteiger partial charge in [0.2, 0.25) is 18.0 Å². The first kappa shape index (κ1) is 20.8. The number of rotatable bonds is 5. The van der Waals surface area contributed by atoms with Crippen LogP contribution in [0.1, 0.15) is 12.0 Å². The molecule has 2 N–H and O–H groups in total. The molecule has 1 aromatic carbocycles. The van der Waals surface area contributed by atoms with E-state index in [4.69, 9.17) is 14.6 Å². The van der Waals surface area contributed by atoms with Gasteiger partial charge in [0.25, 0.3) is 0 Å². The summed E-state index contributed by atoms with van der Waals surface area (Å²) in [6, 6.07) is 8.75. The van der Waals surface area contributed by atoms with Crippen LogP contribution in [0.25, 0.3) is 0 Å². The van der Waals surface area contributed by atoms with Gasteiger partial charge in [-0.2, -0.15) is 12.6 Å². The van der Waals surface area contributed by atoms with Crippen LogP contribution in [-0.2, 0) is 25.5 Å². The molecule has 3 rings (SSSR count). The van der Waals surface area contributed by atoms with Crippen molar-refractivity contribution in [2.45, 2.75) is 35.7 Å². The highest BCUT2D eigenvalue weighted by Crippen LogP contribution is 2.29. The molecule has 0 aromatic heterocycles. The van der Waals surface area contributed by atoms with Gasteiger partial charge in [0.1, 0.15) is 18.0 Å². The van der Waals surface area contributed by atoms with E-state index in [-0.39, 0.29) is 23.8 Å². The van der Waals surface area contributed by atoms with Crippen LogP contribution in [0.5, 0.6) is 0 Å². The number of thiol groups is 1. The van der Waals surface area contributed by atoms with Gasteiger partial charge in [0.15, 0.2) is 0 Å². The largest absolute Gasteiger partial charge is 0.507 e. The van der Waals surface area contributed by atoms with E-state index in [1.165, 1.54) is 16.7 Å². The quantitative estimate of drug-likeness (QED) is 0.482. The van der Waals surface area contributed by atoms with E-state index >= 15 is 0 Å². The smallest absolute Gasteiger partial charge is 0.450 e. The topological polar surface area (TPSA) is 105 Å². The van der Waals surface area contributed by atoms with Crippen molar-refractivity contribution in [1.82, 2.24) is 10.2 Å². The first-order valence-electron chi connectivity index (χ1n) is 8.89. The van der Waals surface area contributed by atoms with E-state index in [2.05, 4.69) is 17.9 Å². The number of hydrogen-bond donors (Lipinski definition) is 3. The third-order valence-electron chi connectivity index (χ3n) is 4.54. The molecular formula is C18H22N2O6S2. The second kappa shape index (κ2) is 9.53. The number of amides is 2. The molecule has 2 amide bonds. The molecule has 0 saturated carbocycles. The van der Waals surface area contributed by atoms with Crippen LogP contribution in [0.2, 0.25) is 0 Å². The van der Waals surface area contributed by atoms with Crippen LogP contribution >= 0.6 is 24.4 Å². The van der Waals surface area contributed by atoms with Gasteiger partial charge >= 0.3 is 6.16 Å². The summed E-state index contributed by atoms with van der Waals surface area (Å²) in [6.45, 7) is 0.263. The van der Waals surface area contributed by atoms with E-state index in [9.17, 15) is 14.4 Å². The summed E-state index contributed by atoms with van der Waals surface area (Å²) >= 11 is 5.86. The van der Waals surface area contributed by atoms with Crippen molar-refractivity contribution in [3.63, 3.8) is 0 Å². The molecule has 2 heterocycles. The number of morpholine rings is 1. The first-order valence-corrected chi connectivity index (χ1v) is 10.5. The van der Waals surface area contributed by atoms with Gasteiger partial charge in [-0.05, 0) is 24.2 Å². The minimum atomic E-state index is -1.48. The molecule has 4 unspecified atom stereocenters. The Bertz CT molecular complexity index is 719. The third kappa shape index (κ3) is 5.12. The Morgan fingerprint density at radius 3 is 2.82 bits per heavy atom. The number of thioether (sulfide) groups is 1. The molecule has 8 nitrogen and oxygen atoms in total. The normalized spacial score (nSPS) is 26.0. The summed E-state index contributed by atoms with van der Waals surface area (Å²) in [5.41, 5.74) is 0.976. The SMILES string of the molecule is O=C(O)OC1COCC2SCCC(NC(=O)C(S)Cc3ccccc3)C(=O)N12. The van der Waals surface area contributed by atoms with Crippen molar-refractivity contribution in [3.05, 3.63) is 35.9 Å². The number of nitrogens with zero attached hydrogens (tertiary/aromatic N) is 1. The lowest BCUT2D eigenvalue weighted by Crippen LogP contribution is -2.59. The Kier molecular flexibility index (Phi) is 7.08. The van der Waals surface area contributed by atoms with Crippen LogP contribution in [0.4, 0.5) is 4.79 Å². The molecule has 2 saturated heterocycles. The minimum absolute atomic E-state index is 0.0288. The summed E-state index contributed by atoms with van der Waals surface area (Å²) in [4.78, 5) is 37.9. The van der Waals surface area contributed by atoms with Crippen molar-refractivity contribution in [1.29, 1.82) is 0 Å². The molecule has 1 aromatic rings. The Morgan fingerprint density at radius 1 is 1.36 bits per heavy atom. The number of ether oxygens (including phenoxy) is 2. The lowest BCUT2D eigenvalue weighted by atomic mass is 10.1. The Hall–Kier alpha value is -1.91. The Balaban J connectivity index is 1.66. The number of nitrogens with one attached hydrogen (secondary N) is 1. The molecule has 0 spiro atoms.